The van der Waals surface area contributed by atoms with E-state index in [2.05, 4.69) is 105 Å². The Morgan fingerprint density at radius 2 is 0.939 bits per heavy atom. The molecule has 0 radical (unpaired) electrons. The fourth-order valence-corrected chi connectivity index (χ4v) is 17.1. The number of nitrogens with zero attached hydrogens (tertiary/aromatic N) is 3. The average molecular weight is 666 g/mol. The molecule has 6 heteroatoms. The van der Waals surface area contributed by atoms with Crippen molar-refractivity contribution >= 4 is 58.8 Å². The number of aromatic nitrogens is 3. The second-order valence-corrected chi connectivity index (χ2v) is 22.7. The molecule has 0 saturated carbocycles. The molecule has 1 aliphatic heterocycles. The monoisotopic (exact) mass is 665 g/mol. The van der Waals surface area contributed by atoms with Gasteiger partial charge in [0.1, 0.15) is 27.3 Å². The Kier molecular flexibility index (Phi) is 6.70. The summed E-state index contributed by atoms with van der Waals surface area (Å²) in [6.45, 7) is 10.0. The Bertz CT molecular complexity index is 2500. The average Bonchev–Trinajstić information content (AvgIpc) is 3.53. The number of rotatable bonds is 4. The lowest BCUT2D eigenvalue weighted by Crippen LogP contribution is -2.77. The summed E-state index contributed by atoms with van der Waals surface area (Å²) in [7, 11) is -3.72. The molecule has 0 bridgehead atoms. The highest BCUT2D eigenvalue weighted by Gasteiger charge is 2.43. The molecule has 0 amide bonds. The summed E-state index contributed by atoms with van der Waals surface area (Å²) < 4.78 is 6.77. The van der Waals surface area contributed by atoms with Crippen LogP contribution in [0, 0.1) is 0 Å². The Morgan fingerprint density at radius 1 is 0.408 bits per heavy atom. The highest BCUT2D eigenvalue weighted by atomic mass is 28.3. The number of fused-ring (bicyclic) bond motifs is 5. The van der Waals surface area contributed by atoms with Crippen LogP contribution >= 0.6 is 0 Å². The lowest BCUT2D eigenvalue weighted by atomic mass is 10.0. The van der Waals surface area contributed by atoms with Gasteiger partial charge >= 0.3 is 0 Å². The molecule has 0 unspecified atom stereocenters. The lowest BCUT2D eigenvalue weighted by Gasteiger charge is -2.42. The van der Waals surface area contributed by atoms with E-state index in [1.165, 1.54) is 5.56 Å². The van der Waals surface area contributed by atoms with Gasteiger partial charge in [0.25, 0.3) is 0 Å². The number of furan rings is 1. The van der Waals surface area contributed by atoms with Gasteiger partial charge < -0.3 is 4.42 Å². The van der Waals surface area contributed by atoms with E-state index >= 15 is 0 Å². The maximum absolute atomic E-state index is 6.77. The van der Waals surface area contributed by atoms with Gasteiger partial charge in [0.05, 0.1) is 0 Å². The van der Waals surface area contributed by atoms with Crippen molar-refractivity contribution in [1.29, 1.82) is 0 Å². The van der Waals surface area contributed by atoms with Crippen LogP contribution in [0.15, 0.2) is 144 Å². The third kappa shape index (κ3) is 4.74. The van der Waals surface area contributed by atoms with Crippen molar-refractivity contribution in [3.63, 3.8) is 0 Å². The van der Waals surface area contributed by atoms with E-state index in [1.807, 2.05) is 60.7 Å². The quantitative estimate of drug-likeness (QED) is 0.177. The van der Waals surface area contributed by atoms with Crippen molar-refractivity contribution in [1.82, 2.24) is 15.0 Å². The Hall–Kier alpha value is -5.44. The topological polar surface area (TPSA) is 51.8 Å². The van der Waals surface area contributed by atoms with Crippen molar-refractivity contribution in [2.75, 3.05) is 0 Å². The molecular weight excluding hydrogens is 631 g/mol. The SMILES string of the molecule is C[Si]1(C)c2ccccc2[Si](C)(C)c2cc(-c3cccc4c3oc3cc(-c5nc(-c6ccccc6)nc(-c6ccccc6)n5)ccc34)ccc21. The predicted octanol–water partition coefficient (Wildman–Crippen LogP) is 8.40. The summed E-state index contributed by atoms with van der Waals surface area (Å²) in [5.41, 5.74) is 6.85. The van der Waals surface area contributed by atoms with Crippen LogP contribution in [-0.4, -0.2) is 31.1 Å². The molecule has 6 aromatic carbocycles. The molecule has 0 spiro atoms. The Labute approximate surface area is 288 Å². The van der Waals surface area contributed by atoms with Crippen molar-refractivity contribution in [3.05, 3.63) is 140 Å². The van der Waals surface area contributed by atoms with Gasteiger partial charge in [0.2, 0.25) is 0 Å². The van der Waals surface area contributed by atoms with E-state index in [9.17, 15) is 0 Å². The summed E-state index contributed by atoms with van der Waals surface area (Å²) in [4.78, 5) is 14.8. The number of benzene rings is 6. The van der Waals surface area contributed by atoms with Gasteiger partial charge in [-0.1, -0.05) is 174 Å². The van der Waals surface area contributed by atoms with Crippen LogP contribution in [-0.2, 0) is 0 Å². The van der Waals surface area contributed by atoms with Crippen LogP contribution in [0.3, 0.4) is 0 Å². The zero-order valence-corrected chi connectivity index (χ0v) is 30.0. The third-order valence-electron chi connectivity index (χ3n) is 10.4. The standard InChI is InChI=1S/C43H35N3OSi2/c1-48(2)36-20-11-12-21-37(36)49(3,4)39-27-30(23-25-38(39)48)32-18-13-19-34-33-24-22-31(26-35(33)47-40(32)34)43-45-41(28-14-7-5-8-15-28)44-42(46-43)29-16-9-6-10-17-29/h5-27H,1-4H3. The molecule has 4 nitrogen and oxygen atoms in total. The van der Waals surface area contributed by atoms with E-state index in [1.54, 1.807) is 20.7 Å². The zero-order valence-electron chi connectivity index (χ0n) is 28.0. The summed E-state index contributed by atoms with van der Waals surface area (Å²) >= 11 is 0. The van der Waals surface area contributed by atoms with Gasteiger partial charge in [-0.15, -0.1) is 0 Å². The summed E-state index contributed by atoms with van der Waals surface area (Å²) in [5, 5.41) is 8.53. The fraction of sp³-hybridized carbons (Fsp3) is 0.0930. The first kappa shape index (κ1) is 29.7. The summed E-state index contributed by atoms with van der Waals surface area (Å²) in [5.74, 6) is 1.90. The van der Waals surface area contributed by atoms with Crippen molar-refractivity contribution in [2.24, 2.45) is 0 Å². The molecule has 0 atom stereocenters. The third-order valence-corrected chi connectivity index (χ3v) is 18.0. The molecule has 1 aliphatic rings. The van der Waals surface area contributed by atoms with Crippen LogP contribution in [0.2, 0.25) is 26.2 Å². The first-order valence-corrected chi connectivity index (χ1v) is 22.9. The smallest absolute Gasteiger partial charge is 0.164 e. The molecule has 8 aromatic rings. The molecule has 0 aliphatic carbocycles. The van der Waals surface area contributed by atoms with Crippen molar-refractivity contribution in [2.45, 2.75) is 26.2 Å². The zero-order chi connectivity index (χ0) is 33.3. The Morgan fingerprint density at radius 3 is 1.57 bits per heavy atom. The first-order valence-electron chi connectivity index (χ1n) is 16.9. The van der Waals surface area contributed by atoms with Crippen LogP contribution in [0.4, 0.5) is 0 Å². The molecule has 49 heavy (non-hydrogen) atoms. The van der Waals surface area contributed by atoms with Crippen LogP contribution in [0.1, 0.15) is 0 Å². The van der Waals surface area contributed by atoms with Gasteiger partial charge in [0.15, 0.2) is 17.5 Å². The normalized spacial score (nSPS) is 14.4. The maximum atomic E-state index is 6.77. The van der Waals surface area contributed by atoms with E-state index in [-0.39, 0.29) is 0 Å². The van der Waals surface area contributed by atoms with Gasteiger partial charge in [-0.2, -0.15) is 0 Å². The van der Waals surface area contributed by atoms with E-state index in [0.29, 0.717) is 17.5 Å². The molecular formula is C43H35N3OSi2. The highest BCUT2D eigenvalue weighted by molar-refractivity contribution is 7.16. The number of hydrogen-bond donors (Lipinski definition) is 0. The largest absolute Gasteiger partial charge is 0.455 e. The van der Waals surface area contributed by atoms with Gasteiger partial charge in [-0.3, -0.25) is 0 Å². The number of para-hydroxylation sites is 1. The van der Waals surface area contributed by atoms with Crippen LogP contribution in [0.25, 0.3) is 67.2 Å². The molecule has 3 heterocycles. The minimum absolute atomic E-state index is 0.615. The van der Waals surface area contributed by atoms with Crippen molar-refractivity contribution in [3.8, 4) is 45.3 Å². The van der Waals surface area contributed by atoms with Crippen molar-refractivity contribution < 1.29 is 4.42 Å². The minimum atomic E-state index is -1.90. The summed E-state index contributed by atoms with van der Waals surface area (Å²) in [6.07, 6.45) is 0. The first-order chi connectivity index (χ1) is 23.8. The second-order valence-electron chi connectivity index (χ2n) is 14.1. The molecule has 0 N–H and O–H groups in total. The predicted molar refractivity (Wildman–Crippen MR) is 209 cm³/mol. The molecule has 0 fully saturated rings. The minimum Gasteiger partial charge on any atom is -0.455 e. The van der Waals surface area contributed by atoms with Crippen LogP contribution in [0.5, 0.6) is 0 Å². The molecule has 0 saturated heterocycles. The fourth-order valence-electron chi connectivity index (χ4n) is 7.74. The molecule has 236 valence electrons. The van der Waals surface area contributed by atoms with E-state index < -0.39 is 16.1 Å². The summed E-state index contributed by atoms with van der Waals surface area (Å²) in [6, 6.07) is 49.4. The molecule has 2 aromatic heterocycles. The van der Waals surface area contributed by atoms with Crippen LogP contribution < -0.4 is 20.7 Å². The van der Waals surface area contributed by atoms with Gasteiger partial charge in [-0.05, 0) is 17.7 Å². The van der Waals surface area contributed by atoms with E-state index in [0.717, 1.165) is 44.2 Å². The maximum Gasteiger partial charge on any atom is 0.164 e. The second kappa shape index (κ2) is 11.1. The van der Waals surface area contributed by atoms with Gasteiger partial charge in [0, 0.05) is 33.0 Å². The van der Waals surface area contributed by atoms with Gasteiger partial charge in [-0.25, -0.2) is 15.0 Å². The molecule has 9 rings (SSSR count). The number of hydrogen-bond acceptors (Lipinski definition) is 4. The Balaban J connectivity index is 1.18. The van der Waals surface area contributed by atoms with E-state index in [4.69, 9.17) is 19.4 Å². The highest BCUT2D eigenvalue weighted by Crippen LogP contribution is 2.37. The lowest BCUT2D eigenvalue weighted by molar-refractivity contribution is 0.670.